The van der Waals surface area contributed by atoms with Crippen LogP contribution in [0.2, 0.25) is 0 Å². The Morgan fingerprint density at radius 1 is 0.929 bits per heavy atom. The topological polar surface area (TPSA) is 49.9 Å². The molecular weight excluding hydrogens is 352 g/mol. The lowest BCUT2D eigenvalue weighted by molar-refractivity contribution is -0.140. The summed E-state index contributed by atoms with van der Waals surface area (Å²) in [7, 11) is 1.63. The SMILES string of the molecule is COc1ccc(CC(=O)N2CCN(C(=O)C3CC3c3ccccc3)CC2)cc1. The highest BCUT2D eigenvalue weighted by molar-refractivity contribution is 5.84. The highest BCUT2D eigenvalue weighted by Gasteiger charge is 2.46. The van der Waals surface area contributed by atoms with Crippen molar-refractivity contribution in [3.63, 3.8) is 0 Å². The van der Waals surface area contributed by atoms with Gasteiger partial charge in [0.15, 0.2) is 0 Å². The number of benzene rings is 2. The van der Waals surface area contributed by atoms with Gasteiger partial charge in [-0.15, -0.1) is 0 Å². The monoisotopic (exact) mass is 378 g/mol. The van der Waals surface area contributed by atoms with E-state index in [0.29, 0.717) is 38.5 Å². The molecule has 4 rings (SSSR count). The molecular formula is C23H26N2O3. The molecule has 0 spiro atoms. The zero-order chi connectivity index (χ0) is 19.5. The van der Waals surface area contributed by atoms with Gasteiger partial charge < -0.3 is 14.5 Å². The second kappa shape index (κ2) is 8.05. The number of amides is 2. The summed E-state index contributed by atoms with van der Waals surface area (Å²) in [5.74, 6) is 1.63. The van der Waals surface area contributed by atoms with Crippen molar-refractivity contribution in [1.82, 2.24) is 9.80 Å². The molecule has 0 N–H and O–H groups in total. The quantitative estimate of drug-likeness (QED) is 0.804. The van der Waals surface area contributed by atoms with Crippen LogP contribution in [0.1, 0.15) is 23.5 Å². The Balaban J connectivity index is 1.26. The lowest BCUT2D eigenvalue weighted by Gasteiger charge is -2.35. The summed E-state index contributed by atoms with van der Waals surface area (Å²) < 4.78 is 5.15. The first-order valence-corrected chi connectivity index (χ1v) is 9.90. The van der Waals surface area contributed by atoms with E-state index in [1.54, 1.807) is 7.11 Å². The van der Waals surface area contributed by atoms with Crippen LogP contribution in [0.25, 0.3) is 0 Å². The summed E-state index contributed by atoms with van der Waals surface area (Å²) in [6.45, 7) is 2.49. The number of hydrogen-bond donors (Lipinski definition) is 0. The second-order valence-corrected chi connectivity index (χ2v) is 7.59. The molecule has 28 heavy (non-hydrogen) atoms. The largest absolute Gasteiger partial charge is 0.497 e. The Hall–Kier alpha value is -2.82. The minimum absolute atomic E-state index is 0.115. The van der Waals surface area contributed by atoms with Crippen molar-refractivity contribution < 1.29 is 14.3 Å². The number of carbonyl (C=O) groups is 2. The molecule has 0 aromatic heterocycles. The minimum atomic E-state index is 0.115. The Kier molecular flexibility index (Phi) is 5.33. The number of nitrogens with zero attached hydrogens (tertiary/aromatic N) is 2. The van der Waals surface area contributed by atoms with Gasteiger partial charge in [0.25, 0.3) is 0 Å². The zero-order valence-corrected chi connectivity index (χ0v) is 16.2. The molecule has 0 radical (unpaired) electrons. The van der Waals surface area contributed by atoms with Gasteiger partial charge in [-0.05, 0) is 35.6 Å². The first-order valence-electron chi connectivity index (χ1n) is 9.90. The van der Waals surface area contributed by atoms with E-state index in [-0.39, 0.29) is 17.7 Å². The van der Waals surface area contributed by atoms with Crippen molar-refractivity contribution >= 4 is 11.8 Å². The lowest BCUT2D eigenvalue weighted by Crippen LogP contribution is -2.51. The Morgan fingerprint density at radius 3 is 2.21 bits per heavy atom. The molecule has 5 heteroatoms. The molecule has 2 unspecified atom stereocenters. The number of piperazine rings is 1. The summed E-state index contributed by atoms with van der Waals surface area (Å²) in [6, 6.07) is 17.9. The van der Waals surface area contributed by atoms with Crippen LogP contribution in [-0.2, 0) is 16.0 Å². The van der Waals surface area contributed by atoms with Gasteiger partial charge >= 0.3 is 0 Å². The van der Waals surface area contributed by atoms with E-state index in [2.05, 4.69) is 12.1 Å². The summed E-state index contributed by atoms with van der Waals surface area (Å²) >= 11 is 0. The molecule has 2 amide bonds. The molecule has 146 valence electrons. The van der Waals surface area contributed by atoms with Gasteiger partial charge in [-0.3, -0.25) is 9.59 Å². The highest BCUT2D eigenvalue weighted by atomic mass is 16.5. The summed E-state index contributed by atoms with van der Waals surface area (Å²) in [5.41, 5.74) is 2.24. The van der Waals surface area contributed by atoms with Gasteiger partial charge in [-0.25, -0.2) is 0 Å². The molecule has 2 aromatic carbocycles. The molecule has 1 heterocycles. The zero-order valence-electron chi connectivity index (χ0n) is 16.2. The number of hydrogen-bond acceptors (Lipinski definition) is 3. The van der Waals surface area contributed by atoms with Gasteiger partial charge in [-0.2, -0.15) is 0 Å². The molecule has 2 fully saturated rings. The Labute approximate surface area is 165 Å². The third-order valence-corrected chi connectivity index (χ3v) is 5.79. The third kappa shape index (κ3) is 4.03. The minimum Gasteiger partial charge on any atom is -0.497 e. The second-order valence-electron chi connectivity index (χ2n) is 7.59. The molecule has 1 saturated heterocycles. The van der Waals surface area contributed by atoms with Gasteiger partial charge in [0.2, 0.25) is 11.8 Å². The maximum atomic E-state index is 12.8. The maximum Gasteiger partial charge on any atom is 0.227 e. The van der Waals surface area contributed by atoms with Crippen LogP contribution in [0.4, 0.5) is 0 Å². The van der Waals surface area contributed by atoms with Crippen LogP contribution in [-0.4, -0.2) is 54.9 Å². The van der Waals surface area contributed by atoms with Gasteiger partial charge in [0.05, 0.1) is 13.5 Å². The van der Waals surface area contributed by atoms with E-state index in [9.17, 15) is 9.59 Å². The molecule has 5 nitrogen and oxygen atoms in total. The highest BCUT2D eigenvalue weighted by Crippen LogP contribution is 2.48. The van der Waals surface area contributed by atoms with E-state index < -0.39 is 0 Å². The fraction of sp³-hybridized carbons (Fsp3) is 0.391. The number of ether oxygens (including phenoxy) is 1. The maximum absolute atomic E-state index is 12.8. The van der Waals surface area contributed by atoms with Crippen LogP contribution < -0.4 is 4.74 Å². The first kappa shape index (κ1) is 18.5. The van der Waals surface area contributed by atoms with Crippen molar-refractivity contribution in [2.45, 2.75) is 18.8 Å². The standard InChI is InChI=1S/C23H26N2O3/c1-28-19-9-7-17(8-10-19)15-22(26)24-11-13-25(14-12-24)23(27)21-16-20(21)18-5-3-2-4-6-18/h2-10,20-21H,11-16H2,1H3. The summed E-state index contributed by atoms with van der Waals surface area (Å²) in [4.78, 5) is 29.2. The van der Waals surface area contributed by atoms with Crippen molar-refractivity contribution in [2.75, 3.05) is 33.3 Å². The van der Waals surface area contributed by atoms with Crippen LogP contribution >= 0.6 is 0 Å². The normalized spacial score (nSPS) is 21.3. The molecule has 1 saturated carbocycles. The van der Waals surface area contributed by atoms with E-state index in [0.717, 1.165) is 17.7 Å². The first-order chi connectivity index (χ1) is 13.7. The van der Waals surface area contributed by atoms with Gasteiger partial charge in [0.1, 0.15) is 5.75 Å². The molecule has 2 aliphatic rings. The number of methoxy groups -OCH3 is 1. The van der Waals surface area contributed by atoms with Crippen molar-refractivity contribution in [3.05, 3.63) is 65.7 Å². The van der Waals surface area contributed by atoms with Gasteiger partial charge in [-0.1, -0.05) is 42.5 Å². The fourth-order valence-electron chi connectivity index (χ4n) is 3.98. The van der Waals surface area contributed by atoms with Crippen molar-refractivity contribution in [2.24, 2.45) is 5.92 Å². The Morgan fingerprint density at radius 2 is 1.57 bits per heavy atom. The molecule has 1 aliphatic heterocycles. The van der Waals surface area contributed by atoms with Crippen molar-refractivity contribution in [3.8, 4) is 5.75 Å². The van der Waals surface area contributed by atoms with E-state index >= 15 is 0 Å². The number of rotatable bonds is 5. The average Bonchev–Trinajstić information content (AvgIpc) is 3.55. The molecule has 1 aliphatic carbocycles. The van der Waals surface area contributed by atoms with Gasteiger partial charge in [0, 0.05) is 32.1 Å². The van der Waals surface area contributed by atoms with Crippen LogP contribution in [0, 0.1) is 5.92 Å². The van der Waals surface area contributed by atoms with E-state index in [1.165, 1.54) is 5.56 Å². The van der Waals surface area contributed by atoms with E-state index in [1.807, 2.05) is 52.3 Å². The van der Waals surface area contributed by atoms with Crippen LogP contribution in [0.15, 0.2) is 54.6 Å². The van der Waals surface area contributed by atoms with Crippen LogP contribution in [0.3, 0.4) is 0 Å². The summed E-state index contributed by atoms with van der Waals surface area (Å²) in [6.07, 6.45) is 1.33. The average molecular weight is 378 g/mol. The predicted molar refractivity (Wildman–Crippen MR) is 107 cm³/mol. The molecule has 2 aromatic rings. The molecule has 0 bridgehead atoms. The number of carbonyl (C=O) groups excluding carboxylic acids is 2. The smallest absolute Gasteiger partial charge is 0.227 e. The van der Waals surface area contributed by atoms with E-state index in [4.69, 9.17) is 4.74 Å². The Bertz CT molecular complexity index is 827. The fourth-order valence-corrected chi connectivity index (χ4v) is 3.98. The third-order valence-electron chi connectivity index (χ3n) is 5.79. The van der Waals surface area contributed by atoms with Crippen molar-refractivity contribution in [1.29, 1.82) is 0 Å². The predicted octanol–water partition coefficient (Wildman–Crippen LogP) is 2.71. The lowest BCUT2D eigenvalue weighted by atomic mass is 10.1. The summed E-state index contributed by atoms with van der Waals surface area (Å²) in [5, 5.41) is 0. The molecule has 2 atom stereocenters. The van der Waals surface area contributed by atoms with Crippen LogP contribution in [0.5, 0.6) is 5.75 Å².